The van der Waals surface area contributed by atoms with Crippen molar-refractivity contribution in [3.63, 3.8) is 0 Å². The average Bonchev–Trinajstić information content (AvgIpc) is 2.77. The van der Waals surface area contributed by atoms with Crippen LogP contribution in [-0.4, -0.2) is 42.4 Å². The van der Waals surface area contributed by atoms with E-state index in [-0.39, 0.29) is 12.0 Å². The van der Waals surface area contributed by atoms with Crippen molar-refractivity contribution in [3.8, 4) is 0 Å². The van der Waals surface area contributed by atoms with Gasteiger partial charge in [-0.05, 0) is 45.3 Å². The van der Waals surface area contributed by atoms with Gasteiger partial charge in [0.25, 0.3) is 0 Å². The molecule has 0 saturated carbocycles. The lowest BCUT2D eigenvalue weighted by atomic mass is 9.97. The zero-order chi connectivity index (χ0) is 11.5. The summed E-state index contributed by atoms with van der Waals surface area (Å²) < 4.78 is 0. The number of nitrogens with one attached hydrogen (secondary N) is 1. The standard InChI is InChI=1S/C13H24N2O/c1-10(2)13(16)12-4-3-9-15(12)11-5-7-14-8-6-11/h10-12,14H,3-9H2,1-2H3. The minimum Gasteiger partial charge on any atom is -0.317 e. The van der Waals surface area contributed by atoms with E-state index in [1.165, 1.54) is 19.3 Å². The van der Waals surface area contributed by atoms with Gasteiger partial charge in [-0.2, -0.15) is 0 Å². The summed E-state index contributed by atoms with van der Waals surface area (Å²) in [5.41, 5.74) is 0. The van der Waals surface area contributed by atoms with Crippen molar-refractivity contribution in [1.29, 1.82) is 0 Å². The largest absolute Gasteiger partial charge is 0.317 e. The van der Waals surface area contributed by atoms with Gasteiger partial charge in [-0.15, -0.1) is 0 Å². The number of carbonyl (C=O) groups is 1. The summed E-state index contributed by atoms with van der Waals surface area (Å²) in [6, 6.07) is 0.875. The third-order valence-corrected chi connectivity index (χ3v) is 3.97. The summed E-state index contributed by atoms with van der Waals surface area (Å²) >= 11 is 0. The summed E-state index contributed by atoms with van der Waals surface area (Å²) in [6.07, 6.45) is 4.71. The number of nitrogens with zero attached hydrogens (tertiary/aromatic N) is 1. The van der Waals surface area contributed by atoms with E-state index in [1.54, 1.807) is 0 Å². The second-order valence-corrected chi connectivity index (χ2v) is 5.43. The first-order valence-corrected chi connectivity index (χ1v) is 6.70. The van der Waals surface area contributed by atoms with Crippen LogP contribution in [0.25, 0.3) is 0 Å². The van der Waals surface area contributed by atoms with E-state index in [0.29, 0.717) is 11.8 Å². The first kappa shape index (κ1) is 12.1. The van der Waals surface area contributed by atoms with E-state index in [2.05, 4.69) is 10.2 Å². The Kier molecular flexibility index (Phi) is 3.98. The van der Waals surface area contributed by atoms with Crippen LogP contribution < -0.4 is 5.32 Å². The topological polar surface area (TPSA) is 32.3 Å². The van der Waals surface area contributed by atoms with Crippen LogP contribution in [0.4, 0.5) is 0 Å². The zero-order valence-electron chi connectivity index (χ0n) is 10.5. The highest BCUT2D eigenvalue weighted by atomic mass is 16.1. The molecular weight excluding hydrogens is 200 g/mol. The summed E-state index contributed by atoms with van der Waals surface area (Å²) in [5.74, 6) is 0.642. The average molecular weight is 224 g/mol. The van der Waals surface area contributed by atoms with Gasteiger partial charge in [0, 0.05) is 12.0 Å². The van der Waals surface area contributed by atoms with E-state index < -0.39 is 0 Å². The first-order chi connectivity index (χ1) is 7.70. The van der Waals surface area contributed by atoms with E-state index in [1.807, 2.05) is 13.8 Å². The molecule has 3 heteroatoms. The maximum atomic E-state index is 12.1. The predicted molar refractivity (Wildman–Crippen MR) is 65.5 cm³/mol. The Morgan fingerprint density at radius 2 is 1.94 bits per heavy atom. The molecule has 2 fully saturated rings. The Morgan fingerprint density at radius 1 is 1.25 bits per heavy atom. The van der Waals surface area contributed by atoms with E-state index in [0.717, 1.165) is 26.1 Å². The number of rotatable bonds is 3. The minimum absolute atomic E-state index is 0.187. The van der Waals surface area contributed by atoms with Crippen LogP contribution in [0.1, 0.15) is 39.5 Å². The number of likely N-dealkylation sites (tertiary alicyclic amines) is 1. The predicted octanol–water partition coefficient (Wildman–Crippen LogP) is 1.43. The lowest BCUT2D eigenvalue weighted by Gasteiger charge is -2.35. The van der Waals surface area contributed by atoms with Crippen molar-refractivity contribution in [2.75, 3.05) is 19.6 Å². The van der Waals surface area contributed by atoms with Crippen molar-refractivity contribution in [2.24, 2.45) is 5.92 Å². The zero-order valence-corrected chi connectivity index (χ0v) is 10.5. The minimum atomic E-state index is 0.187. The monoisotopic (exact) mass is 224 g/mol. The van der Waals surface area contributed by atoms with Gasteiger partial charge in [-0.25, -0.2) is 0 Å². The van der Waals surface area contributed by atoms with Gasteiger partial charge in [0.05, 0.1) is 6.04 Å². The van der Waals surface area contributed by atoms with E-state index in [9.17, 15) is 4.79 Å². The second-order valence-electron chi connectivity index (χ2n) is 5.43. The van der Waals surface area contributed by atoms with Crippen LogP contribution >= 0.6 is 0 Å². The van der Waals surface area contributed by atoms with E-state index in [4.69, 9.17) is 0 Å². The van der Waals surface area contributed by atoms with Gasteiger partial charge in [0.2, 0.25) is 0 Å². The molecule has 0 bridgehead atoms. The molecular formula is C13H24N2O. The molecule has 0 aromatic rings. The van der Waals surface area contributed by atoms with Crippen molar-refractivity contribution >= 4 is 5.78 Å². The maximum absolute atomic E-state index is 12.1. The lowest BCUT2D eigenvalue weighted by Crippen LogP contribution is -2.48. The second kappa shape index (κ2) is 5.28. The smallest absolute Gasteiger partial charge is 0.152 e. The number of hydrogen-bond acceptors (Lipinski definition) is 3. The molecule has 0 spiro atoms. The van der Waals surface area contributed by atoms with Crippen LogP contribution in [-0.2, 0) is 4.79 Å². The molecule has 2 aliphatic heterocycles. The van der Waals surface area contributed by atoms with Gasteiger partial charge in [0.15, 0.2) is 5.78 Å². The Bertz CT molecular complexity index is 246. The number of piperidine rings is 1. The van der Waals surface area contributed by atoms with Crippen LogP contribution in [0.3, 0.4) is 0 Å². The van der Waals surface area contributed by atoms with Crippen LogP contribution in [0.15, 0.2) is 0 Å². The summed E-state index contributed by atoms with van der Waals surface area (Å²) in [4.78, 5) is 14.6. The molecule has 0 aromatic carbocycles. The number of hydrogen-bond donors (Lipinski definition) is 1. The van der Waals surface area contributed by atoms with Crippen LogP contribution in [0, 0.1) is 5.92 Å². The molecule has 2 aliphatic rings. The van der Waals surface area contributed by atoms with Crippen molar-refractivity contribution in [3.05, 3.63) is 0 Å². The Morgan fingerprint density at radius 3 is 2.56 bits per heavy atom. The molecule has 92 valence electrons. The van der Waals surface area contributed by atoms with Gasteiger partial charge in [-0.1, -0.05) is 13.8 Å². The Hall–Kier alpha value is -0.410. The molecule has 1 unspecified atom stereocenters. The molecule has 0 radical (unpaired) electrons. The third kappa shape index (κ3) is 2.46. The van der Waals surface area contributed by atoms with Gasteiger partial charge in [0.1, 0.15) is 0 Å². The lowest BCUT2D eigenvalue weighted by molar-refractivity contribution is -0.127. The molecule has 1 atom stereocenters. The summed E-state index contributed by atoms with van der Waals surface area (Å²) in [6.45, 7) is 7.42. The fraction of sp³-hybridized carbons (Fsp3) is 0.923. The van der Waals surface area contributed by atoms with Gasteiger partial charge >= 0.3 is 0 Å². The molecule has 2 saturated heterocycles. The Balaban J connectivity index is 1.99. The third-order valence-electron chi connectivity index (χ3n) is 3.97. The van der Waals surface area contributed by atoms with Gasteiger partial charge < -0.3 is 5.32 Å². The molecule has 2 heterocycles. The van der Waals surface area contributed by atoms with Crippen molar-refractivity contribution < 1.29 is 4.79 Å². The number of carbonyl (C=O) groups excluding carboxylic acids is 1. The molecule has 16 heavy (non-hydrogen) atoms. The van der Waals surface area contributed by atoms with Crippen LogP contribution in [0.2, 0.25) is 0 Å². The summed E-state index contributed by atoms with van der Waals surface area (Å²) in [5, 5.41) is 3.39. The molecule has 3 nitrogen and oxygen atoms in total. The quantitative estimate of drug-likeness (QED) is 0.787. The van der Waals surface area contributed by atoms with Gasteiger partial charge in [-0.3, -0.25) is 9.69 Å². The fourth-order valence-corrected chi connectivity index (χ4v) is 3.05. The highest BCUT2D eigenvalue weighted by Crippen LogP contribution is 2.26. The molecule has 0 aromatic heterocycles. The highest BCUT2D eigenvalue weighted by Gasteiger charge is 2.36. The number of Topliss-reactive ketones (excluding diaryl/α,β-unsaturated/α-hetero) is 1. The normalized spacial score (nSPS) is 28.8. The number of ketones is 1. The first-order valence-electron chi connectivity index (χ1n) is 6.70. The molecule has 0 aliphatic carbocycles. The Labute approximate surface area is 98.6 Å². The highest BCUT2D eigenvalue weighted by molar-refractivity contribution is 5.86. The maximum Gasteiger partial charge on any atom is 0.152 e. The summed E-state index contributed by atoms with van der Waals surface area (Å²) in [7, 11) is 0. The van der Waals surface area contributed by atoms with Crippen molar-refractivity contribution in [1.82, 2.24) is 10.2 Å². The van der Waals surface area contributed by atoms with Crippen LogP contribution in [0.5, 0.6) is 0 Å². The SMILES string of the molecule is CC(C)C(=O)C1CCCN1C1CCNCC1. The molecule has 1 N–H and O–H groups in total. The van der Waals surface area contributed by atoms with E-state index >= 15 is 0 Å². The molecule has 0 amide bonds. The fourth-order valence-electron chi connectivity index (χ4n) is 3.05. The molecule has 2 rings (SSSR count). The van der Waals surface area contributed by atoms with Crippen molar-refractivity contribution in [2.45, 2.75) is 51.6 Å².